The molecular weight excluding hydrogens is 296 g/mol. The van der Waals surface area contributed by atoms with Crippen LogP contribution in [-0.2, 0) is 4.79 Å². The Morgan fingerprint density at radius 3 is 2.52 bits per heavy atom. The average molecular weight is 322 g/mol. The van der Waals surface area contributed by atoms with Crippen molar-refractivity contribution in [3.05, 3.63) is 35.9 Å². The first kappa shape index (κ1) is 17.9. The lowest BCUT2D eigenvalue weighted by Gasteiger charge is -2.47. The molecule has 23 heavy (non-hydrogen) atoms. The molecular formula is C17H26N2O4. The number of hydrogen-bond donors (Lipinski definition) is 4. The number of carbonyl (C=O) groups is 1. The molecule has 1 amide bonds. The van der Waals surface area contributed by atoms with Crippen LogP contribution in [0.3, 0.4) is 0 Å². The van der Waals surface area contributed by atoms with Crippen LogP contribution in [0.1, 0.15) is 31.9 Å². The van der Waals surface area contributed by atoms with Crippen LogP contribution in [0.2, 0.25) is 0 Å². The van der Waals surface area contributed by atoms with E-state index in [1.54, 1.807) is 6.92 Å². The Bertz CT molecular complexity index is 511. The molecule has 128 valence electrons. The van der Waals surface area contributed by atoms with E-state index >= 15 is 0 Å². The smallest absolute Gasteiger partial charge is 0.220 e. The van der Waals surface area contributed by atoms with E-state index in [0.717, 1.165) is 5.56 Å². The van der Waals surface area contributed by atoms with Crippen LogP contribution in [0.15, 0.2) is 30.3 Å². The lowest BCUT2D eigenvalue weighted by atomic mass is 9.89. The number of nitrogens with zero attached hydrogens (tertiary/aromatic N) is 1. The van der Waals surface area contributed by atoms with Crippen molar-refractivity contribution in [3.8, 4) is 0 Å². The molecule has 1 aromatic rings. The van der Waals surface area contributed by atoms with Crippen LogP contribution in [0, 0.1) is 0 Å². The molecule has 1 heterocycles. The van der Waals surface area contributed by atoms with E-state index in [0.29, 0.717) is 13.0 Å². The quantitative estimate of drug-likeness (QED) is 0.614. The Labute approximate surface area is 136 Å². The number of amides is 1. The summed E-state index contributed by atoms with van der Waals surface area (Å²) < 4.78 is 0. The molecule has 1 aliphatic heterocycles. The monoisotopic (exact) mass is 322 g/mol. The fourth-order valence-electron chi connectivity index (χ4n) is 3.15. The number of likely N-dealkylation sites (tertiary alicyclic amines) is 1. The van der Waals surface area contributed by atoms with Gasteiger partial charge in [-0.15, -0.1) is 0 Å². The van der Waals surface area contributed by atoms with Gasteiger partial charge in [0.25, 0.3) is 0 Å². The van der Waals surface area contributed by atoms with Crippen molar-refractivity contribution in [1.29, 1.82) is 0 Å². The second kappa shape index (κ2) is 7.88. The van der Waals surface area contributed by atoms with Gasteiger partial charge in [-0.3, -0.25) is 9.69 Å². The highest BCUT2D eigenvalue weighted by Crippen LogP contribution is 2.29. The predicted molar refractivity (Wildman–Crippen MR) is 86.7 cm³/mol. The molecule has 1 aromatic carbocycles. The highest BCUT2D eigenvalue weighted by atomic mass is 16.3. The van der Waals surface area contributed by atoms with Gasteiger partial charge in [-0.2, -0.15) is 0 Å². The van der Waals surface area contributed by atoms with Crippen molar-refractivity contribution >= 4 is 5.91 Å². The lowest BCUT2D eigenvalue weighted by Crippen LogP contribution is -2.66. The molecule has 1 aliphatic rings. The molecule has 0 aromatic heterocycles. The predicted octanol–water partition coefficient (Wildman–Crippen LogP) is 0.0407. The zero-order valence-corrected chi connectivity index (χ0v) is 13.6. The van der Waals surface area contributed by atoms with Gasteiger partial charge in [0, 0.05) is 19.0 Å². The van der Waals surface area contributed by atoms with Gasteiger partial charge in [-0.1, -0.05) is 37.3 Å². The Balaban J connectivity index is 2.22. The maximum Gasteiger partial charge on any atom is 0.220 e. The van der Waals surface area contributed by atoms with Crippen molar-refractivity contribution in [3.63, 3.8) is 0 Å². The highest BCUT2D eigenvalue weighted by molar-refractivity contribution is 5.76. The third kappa shape index (κ3) is 3.90. The number of piperidine rings is 1. The lowest BCUT2D eigenvalue weighted by molar-refractivity contribution is -0.133. The maximum absolute atomic E-state index is 11.7. The number of aliphatic hydroxyl groups excluding tert-OH is 3. The molecule has 0 radical (unpaired) electrons. The largest absolute Gasteiger partial charge is 0.395 e. The summed E-state index contributed by atoms with van der Waals surface area (Å²) in [5.74, 6) is -0.170. The minimum atomic E-state index is -1.12. The van der Waals surface area contributed by atoms with Gasteiger partial charge in [0.1, 0.15) is 6.10 Å². The van der Waals surface area contributed by atoms with E-state index < -0.39 is 24.3 Å². The number of hydrogen-bond acceptors (Lipinski definition) is 5. The average Bonchev–Trinajstić information content (AvgIpc) is 2.58. The summed E-state index contributed by atoms with van der Waals surface area (Å²) in [6.07, 6.45) is -1.90. The summed E-state index contributed by atoms with van der Waals surface area (Å²) >= 11 is 0. The van der Waals surface area contributed by atoms with Crippen LogP contribution in [0.25, 0.3) is 0 Å². The van der Waals surface area contributed by atoms with Crippen LogP contribution in [0.5, 0.6) is 0 Å². The Morgan fingerprint density at radius 1 is 1.30 bits per heavy atom. The fraction of sp³-hybridized carbons (Fsp3) is 0.588. The molecule has 1 unspecified atom stereocenters. The van der Waals surface area contributed by atoms with Crippen molar-refractivity contribution in [2.45, 2.75) is 50.6 Å². The second-order valence-electron chi connectivity index (χ2n) is 6.04. The van der Waals surface area contributed by atoms with Gasteiger partial charge in [-0.05, 0) is 12.5 Å². The Morgan fingerprint density at radius 2 is 1.96 bits per heavy atom. The van der Waals surface area contributed by atoms with Gasteiger partial charge >= 0.3 is 0 Å². The highest BCUT2D eigenvalue weighted by Gasteiger charge is 2.43. The third-order valence-electron chi connectivity index (χ3n) is 4.62. The molecule has 2 rings (SSSR count). The molecule has 4 N–H and O–H groups in total. The van der Waals surface area contributed by atoms with Crippen molar-refractivity contribution in [2.24, 2.45) is 0 Å². The fourth-order valence-corrected chi connectivity index (χ4v) is 3.15. The van der Waals surface area contributed by atoms with Crippen LogP contribution >= 0.6 is 0 Å². The summed E-state index contributed by atoms with van der Waals surface area (Å²) in [5, 5.41) is 33.0. The van der Waals surface area contributed by atoms with E-state index in [1.165, 1.54) is 0 Å². The van der Waals surface area contributed by atoms with Gasteiger partial charge < -0.3 is 20.6 Å². The molecule has 5 atom stereocenters. The molecule has 1 fully saturated rings. The molecule has 0 bridgehead atoms. The number of rotatable bonds is 5. The first-order chi connectivity index (χ1) is 11.0. The molecule has 6 nitrogen and oxygen atoms in total. The minimum Gasteiger partial charge on any atom is -0.395 e. The summed E-state index contributed by atoms with van der Waals surface area (Å²) in [5.41, 5.74) is 1.05. The summed E-state index contributed by atoms with van der Waals surface area (Å²) in [4.78, 5) is 13.6. The molecule has 0 aliphatic carbocycles. The normalized spacial score (nSPS) is 30.0. The summed E-state index contributed by atoms with van der Waals surface area (Å²) in [6, 6.07) is 8.57. The first-order valence-electron chi connectivity index (χ1n) is 8.06. The molecule has 6 heteroatoms. The van der Waals surface area contributed by atoms with Crippen molar-refractivity contribution in [1.82, 2.24) is 10.2 Å². The van der Waals surface area contributed by atoms with Crippen LogP contribution < -0.4 is 5.32 Å². The third-order valence-corrected chi connectivity index (χ3v) is 4.62. The van der Waals surface area contributed by atoms with Gasteiger partial charge in [-0.25, -0.2) is 0 Å². The van der Waals surface area contributed by atoms with Crippen molar-refractivity contribution < 1.29 is 20.1 Å². The first-order valence-corrected chi connectivity index (χ1v) is 8.06. The van der Waals surface area contributed by atoms with Gasteiger partial charge in [0.2, 0.25) is 5.91 Å². The number of aliphatic hydroxyl groups is 3. The Kier molecular flexibility index (Phi) is 6.12. The topological polar surface area (TPSA) is 93.0 Å². The molecule has 1 saturated heterocycles. The van der Waals surface area contributed by atoms with Gasteiger partial charge in [0.05, 0.1) is 24.8 Å². The Hall–Kier alpha value is -1.47. The number of carbonyl (C=O) groups excluding carboxylic acids is 1. The van der Waals surface area contributed by atoms with Crippen LogP contribution in [0.4, 0.5) is 0 Å². The zero-order chi connectivity index (χ0) is 17.0. The SMILES string of the molecule is CCC(=O)N[C@H]1CN(C(C)c2ccccc2)[C@H](CO)[C@@H](O)[C@@H]1O. The summed E-state index contributed by atoms with van der Waals surface area (Å²) in [6.45, 7) is 3.83. The zero-order valence-electron chi connectivity index (χ0n) is 13.6. The van der Waals surface area contributed by atoms with E-state index in [4.69, 9.17) is 0 Å². The minimum absolute atomic E-state index is 0.0588. The standard InChI is InChI=1S/C17H26N2O4/c1-3-15(21)18-13-9-19(14(10-20)17(23)16(13)22)11(2)12-7-5-4-6-8-12/h4-8,11,13-14,16-17,20,22-23H,3,9-10H2,1-2H3,(H,18,21)/t11?,13-,14+,16+,17+/m0/s1. The maximum atomic E-state index is 11.7. The van der Waals surface area contributed by atoms with E-state index in [2.05, 4.69) is 5.32 Å². The summed E-state index contributed by atoms with van der Waals surface area (Å²) in [7, 11) is 0. The number of benzene rings is 1. The molecule has 0 spiro atoms. The van der Waals surface area contributed by atoms with E-state index in [9.17, 15) is 20.1 Å². The second-order valence-corrected chi connectivity index (χ2v) is 6.04. The van der Waals surface area contributed by atoms with Crippen LogP contribution in [-0.4, -0.2) is 63.6 Å². The van der Waals surface area contributed by atoms with Crippen molar-refractivity contribution in [2.75, 3.05) is 13.2 Å². The molecule has 0 saturated carbocycles. The van der Waals surface area contributed by atoms with E-state index in [-0.39, 0.29) is 18.6 Å². The number of nitrogens with one attached hydrogen (secondary N) is 1. The van der Waals surface area contributed by atoms with Gasteiger partial charge in [0.15, 0.2) is 0 Å². The van der Waals surface area contributed by atoms with E-state index in [1.807, 2.05) is 42.2 Å².